The van der Waals surface area contributed by atoms with Crippen LogP contribution in [0.3, 0.4) is 0 Å². The molecular formula is C4H6NO3-. The van der Waals surface area contributed by atoms with Crippen LogP contribution in [0.5, 0.6) is 0 Å². The van der Waals surface area contributed by atoms with Gasteiger partial charge in [-0.25, -0.2) is 0 Å². The van der Waals surface area contributed by atoms with Crippen molar-refractivity contribution in [1.82, 2.24) is 5.06 Å². The Morgan fingerprint density at radius 1 is 1.88 bits per heavy atom. The minimum absolute atomic E-state index is 0.00116. The van der Waals surface area contributed by atoms with Crippen LogP contribution in [0.2, 0.25) is 0 Å². The number of aliphatic hydroxyl groups is 1. The zero-order valence-electron chi connectivity index (χ0n) is 4.11. The van der Waals surface area contributed by atoms with Gasteiger partial charge in [0.25, 0.3) is 0 Å². The van der Waals surface area contributed by atoms with Gasteiger partial charge in [0, 0.05) is 6.20 Å². The van der Waals surface area contributed by atoms with Crippen LogP contribution in [-0.2, 0) is 0 Å². The topological polar surface area (TPSA) is 66.8 Å². The van der Waals surface area contributed by atoms with E-state index in [9.17, 15) is 5.11 Å². The fraction of sp³-hybridized carbons (Fsp3) is 0.500. The van der Waals surface area contributed by atoms with Crippen LogP contribution >= 0.6 is 0 Å². The van der Waals surface area contributed by atoms with Crippen molar-refractivity contribution in [3.63, 3.8) is 0 Å². The van der Waals surface area contributed by atoms with Crippen molar-refractivity contribution in [2.24, 2.45) is 0 Å². The summed E-state index contributed by atoms with van der Waals surface area (Å²) in [6.07, 6.45) is -0.0648. The molecule has 0 fully saturated rings. The van der Waals surface area contributed by atoms with Gasteiger partial charge in [0.2, 0.25) is 0 Å². The summed E-state index contributed by atoms with van der Waals surface area (Å²) < 4.78 is 0. The van der Waals surface area contributed by atoms with Gasteiger partial charge in [0.05, 0.1) is 12.6 Å². The number of hydrogen-bond donors (Lipinski definition) is 2. The molecule has 46 valence electrons. The molecule has 1 atom stereocenters. The third-order valence-electron chi connectivity index (χ3n) is 0.965. The van der Waals surface area contributed by atoms with Crippen LogP contribution in [0.15, 0.2) is 12.0 Å². The molecule has 0 saturated heterocycles. The first-order valence-electron chi connectivity index (χ1n) is 2.22. The normalized spacial score (nSPS) is 28.5. The highest BCUT2D eigenvalue weighted by Crippen LogP contribution is 2.05. The summed E-state index contributed by atoms with van der Waals surface area (Å²) in [5.74, 6) is -0.437. The monoisotopic (exact) mass is 116 g/mol. The van der Waals surface area contributed by atoms with Gasteiger partial charge in [0.1, 0.15) is 0 Å². The maximum absolute atomic E-state index is 10.3. The Hall–Kier alpha value is -0.740. The molecule has 8 heavy (non-hydrogen) atoms. The van der Waals surface area contributed by atoms with Crippen LogP contribution in [-0.4, -0.2) is 28.0 Å². The van der Waals surface area contributed by atoms with Crippen molar-refractivity contribution in [1.29, 1.82) is 0 Å². The number of hydrogen-bond acceptors (Lipinski definition) is 4. The quantitative estimate of drug-likeness (QED) is 0.394. The van der Waals surface area contributed by atoms with E-state index in [1.165, 1.54) is 0 Å². The van der Waals surface area contributed by atoms with Crippen LogP contribution < -0.4 is 5.11 Å². The molecule has 2 N–H and O–H groups in total. The van der Waals surface area contributed by atoms with Crippen LogP contribution in [0.25, 0.3) is 0 Å². The van der Waals surface area contributed by atoms with Gasteiger partial charge < -0.3 is 10.2 Å². The van der Waals surface area contributed by atoms with Gasteiger partial charge in [-0.05, 0) is 0 Å². The number of β-amino-alcohol motifs (C(OH)–C–C–N with tert-alkyl or cyclic N) is 1. The largest absolute Gasteiger partial charge is 0.873 e. The van der Waals surface area contributed by atoms with Gasteiger partial charge in [0.15, 0.2) is 0 Å². The van der Waals surface area contributed by atoms with Gasteiger partial charge in [-0.2, -0.15) is 0 Å². The molecule has 1 aliphatic heterocycles. The lowest BCUT2D eigenvalue weighted by Gasteiger charge is -2.08. The molecule has 0 spiro atoms. The van der Waals surface area contributed by atoms with Crippen LogP contribution in [0, 0.1) is 0 Å². The molecule has 1 rings (SSSR count). The van der Waals surface area contributed by atoms with E-state index in [1.807, 2.05) is 0 Å². The molecule has 4 nitrogen and oxygen atoms in total. The molecule has 4 heteroatoms. The van der Waals surface area contributed by atoms with Gasteiger partial charge >= 0.3 is 0 Å². The molecule has 0 radical (unpaired) electrons. The summed E-state index contributed by atoms with van der Waals surface area (Å²) in [6, 6.07) is 0. The summed E-state index contributed by atoms with van der Waals surface area (Å²) in [6.45, 7) is -0.00116. The third kappa shape index (κ3) is 0.753. The molecule has 0 bridgehead atoms. The van der Waals surface area contributed by atoms with Crippen molar-refractivity contribution in [3.8, 4) is 0 Å². The molecule has 0 saturated carbocycles. The average molecular weight is 116 g/mol. The minimum atomic E-state index is -1.03. The van der Waals surface area contributed by atoms with Crippen molar-refractivity contribution in [2.45, 2.75) is 6.10 Å². The molecular weight excluding hydrogens is 110 g/mol. The fourth-order valence-corrected chi connectivity index (χ4v) is 0.553. The second-order valence-corrected chi connectivity index (χ2v) is 1.67. The van der Waals surface area contributed by atoms with Gasteiger partial charge in [-0.3, -0.25) is 10.3 Å². The SMILES string of the molecule is [O-]C1=CN(O)C[C@H]1O. The van der Waals surface area contributed by atoms with E-state index in [1.54, 1.807) is 0 Å². The van der Waals surface area contributed by atoms with Crippen molar-refractivity contribution >= 4 is 0 Å². The molecule has 1 heterocycles. The maximum atomic E-state index is 10.3. The van der Waals surface area contributed by atoms with E-state index in [0.29, 0.717) is 5.06 Å². The molecule has 0 aromatic carbocycles. The van der Waals surface area contributed by atoms with Crippen LogP contribution in [0.1, 0.15) is 0 Å². The lowest BCUT2D eigenvalue weighted by Crippen LogP contribution is -2.22. The molecule has 0 aromatic rings. The highest BCUT2D eigenvalue weighted by Gasteiger charge is 2.12. The van der Waals surface area contributed by atoms with Crippen LogP contribution in [0.4, 0.5) is 0 Å². The Labute approximate surface area is 46.2 Å². The zero-order valence-corrected chi connectivity index (χ0v) is 4.11. The second kappa shape index (κ2) is 1.65. The Balaban J connectivity index is 2.59. The lowest BCUT2D eigenvalue weighted by molar-refractivity contribution is -0.317. The van der Waals surface area contributed by atoms with E-state index in [0.717, 1.165) is 6.20 Å². The third-order valence-corrected chi connectivity index (χ3v) is 0.965. The molecule has 0 aliphatic carbocycles. The molecule has 0 aromatic heterocycles. The molecule has 0 unspecified atom stereocenters. The Morgan fingerprint density at radius 2 is 2.50 bits per heavy atom. The summed E-state index contributed by atoms with van der Waals surface area (Å²) in [5, 5.41) is 28.0. The number of rotatable bonds is 0. The number of aliphatic hydroxyl groups excluding tert-OH is 1. The van der Waals surface area contributed by atoms with Crippen molar-refractivity contribution in [2.75, 3.05) is 6.54 Å². The minimum Gasteiger partial charge on any atom is -0.873 e. The highest BCUT2D eigenvalue weighted by molar-refractivity contribution is 5.01. The van der Waals surface area contributed by atoms with Gasteiger partial charge in [-0.15, -0.1) is 0 Å². The first-order chi connectivity index (χ1) is 3.70. The Kier molecular flexibility index (Phi) is 1.11. The van der Waals surface area contributed by atoms with Crippen molar-refractivity contribution < 1.29 is 15.4 Å². The average Bonchev–Trinajstić information content (AvgIpc) is 1.85. The van der Waals surface area contributed by atoms with Crippen molar-refractivity contribution in [3.05, 3.63) is 12.0 Å². The smallest absolute Gasteiger partial charge is 0.0865 e. The van der Waals surface area contributed by atoms with Gasteiger partial charge in [-0.1, -0.05) is 5.76 Å². The standard InChI is InChI=1S/C4H7NO3/c6-3-1-5(8)2-4(3)7/h1,4,6-8H,2H2/p-1/t4-/m1/s1. The second-order valence-electron chi connectivity index (χ2n) is 1.67. The van der Waals surface area contributed by atoms with E-state index in [2.05, 4.69) is 0 Å². The maximum Gasteiger partial charge on any atom is 0.0865 e. The summed E-state index contributed by atoms with van der Waals surface area (Å²) in [7, 11) is 0. The molecule has 0 amide bonds. The molecule has 1 aliphatic rings. The summed E-state index contributed by atoms with van der Waals surface area (Å²) in [5.41, 5.74) is 0. The fourth-order valence-electron chi connectivity index (χ4n) is 0.553. The predicted molar refractivity (Wildman–Crippen MR) is 22.6 cm³/mol. The lowest BCUT2D eigenvalue weighted by atomic mass is 10.4. The predicted octanol–water partition coefficient (Wildman–Crippen LogP) is -1.75. The zero-order chi connectivity index (χ0) is 6.15. The Morgan fingerprint density at radius 3 is 2.62 bits per heavy atom. The first kappa shape index (κ1) is 5.40. The highest BCUT2D eigenvalue weighted by atomic mass is 16.5. The number of nitrogens with zero attached hydrogens (tertiary/aromatic N) is 1. The van der Waals surface area contributed by atoms with E-state index in [-0.39, 0.29) is 6.54 Å². The van der Waals surface area contributed by atoms with E-state index >= 15 is 0 Å². The van der Waals surface area contributed by atoms with E-state index < -0.39 is 11.9 Å². The van der Waals surface area contributed by atoms with E-state index in [4.69, 9.17) is 10.3 Å². The number of hydroxylamine groups is 2. The summed E-state index contributed by atoms with van der Waals surface area (Å²) >= 11 is 0. The first-order valence-corrected chi connectivity index (χ1v) is 2.22. The summed E-state index contributed by atoms with van der Waals surface area (Å²) in [4.78, 5) is 0. The Bertz CT molecular complexity index is 122.